The van der Waals surface area contributed by atoms with Crippen molar-refractivity contribution in [3.8, 4) is 0 Å². The molecule has 0 aliphatic heterocycles. The fourth-order valence-electron chi connectivity index (χ4n) is 3.02. The average Bonchev–Trinajstić information content (AvgIpc) is 2.79. The molecular formula is C14H20INO. The van der Waals surface area contributed by atoms with E-state index in [1.54, 1.807) is 0 Å². The lowest BCUT2D eigenvalue weighted by Gasteiger charge is -2.42. The van der Waals surface area contributed by atoms with Gasteiger partial charge >= 0.3 is 0 Å². The fourth-order valence-corrected chi connectivity index (χ4v) is 3.38. The molecule has 1 aromatic rings. The van der Waals surface area contributed by atoms with Crippen molar-refractivity contribution in [1.29, 1.82) is 0 Å². The Hall–Kier alpha value is -0.130. The lowest BCUT2D eigenvalue weighted by Crippen LogP contribution is -2.46. The van der Waals surface area contributed by atoms with Crippen LogP contribution in [0.25, 0.3) is 0 Å². The van der Waals surface area contributed by atoms with Crippen LogP contribution in [0.3, 0.4) is 0 Å². The number of aliphatic hydroxyl groups is 1. The monoisotopic (exact) mass is 345 g/mol. The third-order valence-corrected chi connectivity index (χ3v) is 5.11. The van der Waals surface area contributed by atoms with Crippen LogP contribution in [0, 0.1) is 8.99 Å². The van der Waals surface area contributed by atoms with Gasteiger partial charge in [-0.1, -0.05) is 25.0 Å². The molecule has 1 saturated carbocycles. The third-order valence-electron chi connectivity index (χ3n) is 4.39. The van der Waals surface area contributed by atoms with Gasteiger partial charge in [0, 0.05) is 15.5 Å². The Morgan fingerprint density at radius 1 is 1.29 bits per heavy atom. The molecule has 94 valence electrons. The van der Waals surface area contributed by atoms with E-state index in [9.17, 15) is 5.11 Å². The van der Waals surface area contributed by atoms with E-state index in [4.69, 9.17) is 5.73 Å². The average molecular weight is 345 g/mol. The van der Waals surface area contributed by atoms with Crippen LogP contribution >= 0.6 is 22.6 Å². The van der Waals surface area contributed by atoms with Crippen LogP contribution < -0.4 is 5.73 Å². The normalized spacial score (nSPS) is 22.4. The molecule has 3 N–H and O–H groups in total. The lowest BCUT2D eigenvalue weighted by molar-refractivity contribution is -0.0693. The summed E-state index contributed by atoms with van der Waals surface area (Å²) in [6.07, 6.45) is 4.42. The molecule has 0 bridgehead atoms. The van der Waals surface area contributed by atoms with Gasteiger partial charge in [-0.3, -0.25) is 0 Å². The van der Waals surface area contributed by atoms with E-state index >= 15 is 0 Å². The highest BCUT2D eigenvalue weighted by Crippen LogP contribution is 2.50. The number of benzene rings is 1. The summed E-state index contributed by atoms with van der Waals surface area (Å²) in [5, 5.41) is 10.9. The highest BCUT2D eigenvalue weighted by Gasteiger charge is 2.48. The van der Waals surface area contributed by atoms with Gasteiger partial charge in [-0.2, -0.15) is 0 Å². The van der Waals surface area contributed by atoms with Gasteiger partial charge in [0.1, 0.15) is 0 Å². The molecule has 2 nitrogen and oxygen atoms in total. The van der Waals surface area contributed by atoms with E-state index in [2.05, 4.69) is 22.6 Å². The molecule has 2 rings (SSSR count). The van der Waals surface area contributed by atoms with Gasteiger partial charge in [0.15, 0.2) is 0 Å². The minimum atomic E-state index is -0.817. The van der Waals surface area contributed by atoms with Crippen LogP contribution in [0.15, 0.2) is 24.3 Å². The second-order valence-corrected chi connectivity index (χ2v) is 6.52. The summed E-state index contributed by atoms with van der Waals surface area (Å²) in [5.74, 6) is 0. The summed E-state index contributed by atoms with van der Waals surface area (Å²) < 4.78 is 1.19. The number of hydrogen-bond donors (Lipinski definition) is 2. The standard InChI is InChI=1S/C14H20INO/c1-13(17,11-4-6-12(15)7-5-11)14(10-16)8-2-3-9-14/h4-7,17H,2-3,8-10,16H2,1H3. The van der Waals surface area contributed by atoms with Gasteiger partial charge in [0.25, 0.3) is 0 Å². The summed E-state index contributed by atoms with van der Waals surface area (Å²) in [7, 11) is 0. The maximum Gasteiger partial charge on any atom is 0.0936 e. The van der Waals surface area contributed by atoms with Gasteiger partial charge in [0.2, 0.25) is 0 Å². The summed E-state index contributed by atoms with van der Waals surface area (Å²) in [5.41, 5.74) is 6.00. The Labute approximate surface area is 117 Å². The second-order valence-electron chi connectivity index (χ2n) is 5.27. The van der Waals surface area contributed by atoms with Gasteiger partial charge in [-0.05, 0) is 60.1 Å². The first-order chi connectivity index (χ1) is 8.02. The quantitative estimate of drug-likeness (QED) is 0.828. The third kappa shape index (κ3) is 2.25. The number of nitrogens with two attached hydrogens (primary N) is 1. The molecule has 3 heteroatoms. The van der Waals surface area contributed by atoms with Crippen molar-refractivity contribution >= 4 is 22.6 Å². The molecule has 17 heavy (non-hydrogen) atoms. The molecule has 1 unspecified atom stereocenters. The van der Waals surface area contributed by atoms with Crippen LogP contribution in [0.1, 0.15) is 38.2 Å². The zero-order valence-electron chi connectivity index (χ0n) is 10.2. The van der Waals surface area contributed by atoms with E-state index in [1.807, 2.05) is 31.2 Å². The molecule has 0 aromatic heterocycles. The van der Waals surface area contributed by atoms with Gasteiger partial charge < -0.3 is 10.8 Å². The van der Waals surface area contributed by atoms with Crippen LogP contribution in [-0.4, -0.2) is 11.7 Å². The fraction of sp³-hybridized carbons (Fsp3) is 0.571. The van der Waals surface area contributed by atoms with Crippen molar-refractivity contribution in [3.63, 3.8) is 0 Å². The van der Waals surface area contributed by atoms with E-state index in [0.29, 0.717) is 6.54 Å². The molecule has 0 radical (unpaired) electrons. The van der Waals surface area contributed by atoms with Gasteiger partial charge in [-0.25, -0.2) is 0 Å². The molecule has 0 heterocycles. The summed E-state index contributed by atoms with van der Waals surface area (Å²) in [6.45, 7) is 2.49. The van der Waals surface area contributed by atoms with Crippen molar-refractivity contribution < 1.29 is 5.11 Å². The van der Waals surface area contributed by atoms with E-state index in [0.717, 1.165) is 18.4 Å². The second kappa shape index (κ2) is 4.86. The lowest BCUT2D eigenvalue weighted by atomic mass is 9.68. The maximum absolute atomic E-state index is 10.9. The summed E-state index contributed by atoms with van der Waals surface area (Å²) >= 11 is 2.28. The van der Waals surface area contributed by atoms with E-state index < -0.39 is 5.60 Å². The van der Waals surface area contributed by atoms with Crippen LogP contribution in [0.5, 0.6) is 0 Å². The van der Waals surface area contributed by atoms with E-state index in [-0.39, 0.29) is 5.41 Å². The topological polar surface area (TPSA) is 46.2 Å². The van der Waals surface area contributed by atoms with Gasteiger partial charge in [-0.15, -0.1) is 0 Å². The Balaban J connectivity index is 2.37. The first-order valence-corrected chi connectivity index (χ1v) is 7.28. The van der Waals surface area contributed by atoms with Crippen molar-refractivity contribution in [1.82, 2.24) is 0 Å². The van der Waals surface area contributed by atoms with Crippen molar-refractivity contribution in [3.05, 3.63) is 33.4 Å². The van der Waals surface area contributed by atoms with E-state index in [1.165, 1.54) is 16.4 Å². The molecule has 1 aliphatic rings. The van der Waals surface area contributed by atoms with Crippen LogP contribution in [0.2, 0.25) is 0 Å². The molecule has 0 saturated heterocycles. The molecule has 1 atom stereocenters. The molecule has 0 spiro atoms. The number of hydrogen-bond acceptors (Lipinski definition) is 2. The molecule has 1 fully saturated rings. The Kier molecular flexibility index (Phi) is 3.80. The zero-order valence-corrected chi connectivity index (χ0v) is 12.4. The first kappa shape index (κ1) is 13.3. The Bertz CT molecular complexity index is 380. The number of rotatable bonds is 3. The molecule has 0 amide bonds. The molecular weight excluding hydrogens is 325 g/mol. The van der Waals surface area contributed by atoms with Crippen LogP contribution in [-0.2, 0) is 5.60 Å². The predicted molar refractivity (Wildman–Crippen MR) is 78.7 cm³/mol. The highest BCUT2D eigenvalue weighted by molar-refractivity contribution is 14.1. The summed E-state index contributed by atoms with van der Waals surface area (Å²) in [6, 6.07) is 8.14. The SMILES string of the molecule is CC(O)(c1ccc(I)cc1)C1(CN)CCCC1. The Morgan fingerprint density at radius 3 is 2.29 bits per heavy atom. The zero-order chi connectivity index (χ0) is 12.5. The van der Waals surface area contributed by atoms with Gasteiger partial charge in [0.05, 0.1) is 5.60 Å². The Morgan fingerprint density at radius 2 is 1.82 bits per heavy atom. The molecule has 1 aliphatic carbocycles. The highest BCUT2D eigenvalue weighted by atomic mass is 127. The van der Waals surface area contributed by atoms with Crippen LogP contribution in [0.4, 0.5) is 0 Å². The minimum absolute atomic E-state index is 0.139. The van der Waals surface area contributed by atoms with Crippen molar-refractivity contribution in [2.45, 2.75) is 38.2 Å². The maximum atomic E-state index is 10.9. The van der Waals surface area contributed by atoms with Crippen molar-refractivity contribution in [2.24, 2.45) is 11.1 Å². The number of halogens is 1. The summed E-state index contributed by atoms with van der Waals surface area (Å²) in [4.78, 5) is 0. The first-order valence-electron chi connectivity index (χ1n) is 6.20. The molecule has 1 aromatic carbocycles. The largest absolute Gasteiger partial charge is 0.385 e. The minimum Gasteiger partial charge on any atom is -0.385 e. The predicted octanol–water partition coefficient (Wildman–Crippen LogP) is 3.02. The van der Waals surface area contributed by atoms with Crippen molar-refractivity contribution in [2.75, 3.05) is 6.54 Å². The smallest absolute Gasteiger partial charge is 0.0936 e.